The smallest absolute Gasteiger partial charge is 0.253 e. The van der Waals surface area contributed by atoms with Crippen molar-refractivity contribution in [1.29, 1.82) is 0 Å². The average Bonchev–Trinajstić information content (AvgIpc) is 2.86. The molecular formula is C27H39N5O. The first-order valence-electron chi connectivity index (χ1n) is 12.1. The van der Waals surface area contributed by atoms with Gasteiger partial charge in [0.1, 0.15) is 0 Å². The Labute approximate surface area is 199 Å². The summed E-state index contributed by atoms with van der Waals surface area (Å²) in [5.74, 6) is 0.801. The summed E-state index contributed by atoms with van der Waals surface area (Å²) < 4.78 is 0. The summed E-state index contributed by atoms with van der Waals surface area (Å²) >= 11 is 0. The second-order valence-corrected chi connectivity index (χ2v) is 9.01. The minimum Gasteiger partial charge on any atom is -0.372 e. The van der Waals surface area contributed by atoms with E-state index < -0.39 is 0 Å². The van der Waals surface area contributed by atoms with Crippen LogP contribution in [0.5, 0.6) is 0 Å². The molecule has 6 heteroatoms. The van der Waals surface area contributed by atoms with E-state index in [2.05, 4.69) is 53.8 Å². The van der Waals surface area contributed by atoms with Crippen molar-refractivity contribution < 1.29 is 4.79 Å². The SMILES string of the molecule is CCNC(=NCc1ccc(N(C)C2CCCCC2)cc1)NCc1ccc(C(=O)N(C)C)cc1. The molecule has 0 aliphatic heterocycles. The van der Waals surface area contributed by atoms with Gasteiger partial charge in [0, 0.05) is 51.5 Å². The molecule has 0 radical (unpaired) electrons. The Bertz CT molecular complexity index is 899. The molecule has 1 aliphatic rings. The van der Waals surface area contributed by atoms with E-state index in [-0.39, 0.29) is 5.91 Å². The quantitative estimate of drug-likeness (QED) is 0.463. The highest BCUT2D eigenvalue weighted by molar-refractivity contribution is 5.93. The van der Waals surface area contributed by atoms with Crippen molar-refractivity contribution in [2.24, 2.45) is 4.99 Å². The molecule has 2 aromatic carbocycles. The predicted octanol–water partition coefficient (Wildman–Crippen LogP) is 4.41. The molecule has 2 aromatic rings. The van der Waals surface area contributed by atoms with Crippen LogP contribution in [0.25, 0.3) is 0 Å². The van der Waals surface area contributed by atoms with Crippen LogP contribution in [0.4, 0.5) is 5.69 Å². The van der Waals surface area contributed by atoms with Crippen molar-refractivity contribution in [3.63, 3.8) is 0 Å². The predicted molar refractivity (Wildman–Crippen MR) is 138 cm³/mol. The summed E-state index contributed by atoms with van der Waals surface area (Å²) in [6.07, 6.45) is 6.68. The van der Waals surface area contributed by atoms with Gasteiger partial charge in [0.2, 0.25) is 0 Å². The van der Waals surface area contributed by atoms with Gasteiger partial charge in [0.25, 0.3) is 5.91 Å². The van der Waals surface area contributed by atoms with Crippen LogP contribution in [0.2, 0.25) is 0 Å². The summed E-state index contributed by atoms with van der Waals surface area (Å²) in [5.41, 5.74) is 4.28. The Morgan fingerprint density at radius 3 is 2.15 bits per heavy atom. The Morgan fingerprint density at radius 2 is 1.55 bits per heavy atom. The number of nitrogens with zero attached hydrogens (tertiary/aromatic N) is 3. The number of guanidine groups is 1. The third kappa shape index (κ3) is 7.24. The Balaban J connectivity index is 1.55. The Hall–Kier alpha value is -3.02. The number of anilines is 1. The van der Waals surface area contributed by atoms with E-state index in [1.54, 1.807) is 19.0 Å². The molecule has 1 saturated carbocycles. The third-order valence-electron chi connectivity index (χ3n) is 6.30. The van der Waals surface area contributed by atoms with Crippen LogP contribution < -0.4 is 15.5 Å². The zero-order valence-corrected chi connectivity index (χ0v) is 20.6. The summed E-state index contributed by atoms with van der Waals surface area (Å²) in [6, 6.07) is 17.2. The highest BCUT2D eigenvalue weighted by atomic mass is 16.2. The van der Waals surface area contributed by atoms with Crippen LogP contribution in [0, 0.1) is 0 Å². The summed E-state index contributed by atoms with van der Waals surface area (Å²) in [7, 11) is 5.75. The molecule has 0 aromatic heterocycles. The molecule has 2 N–H and O–H groups in total. The van der Waals surface area contributed by atoms with Crippen molar-refractivity contribution in [2.45, 2.75) is 58.2 Å². The largest absolute Gasteiger partial charge is 0.372 e. The van der Waals surface area contributed by atoms with Gasteiger partial charge in [-0.1, -0.05) is 43.5 Å². The molecule has 0 saturated heterocycles. The molecule has 1 amide bonds. The van der Waals surface area contributed by atoms with E-state index in [1.165, 1.54) is 43.4 Å². The molecule has 1 aliphatic carbocycles. The number of carbonyl (C=O) groups is 1. The van der Waals surface area contributed by atoms with Crippen LogP contribution >= 0.6 is 0 Å². The number of benzene rings is 2. The Morgan fingerprint density at radius 1 is 0.909 bits per heavy atom. The highest BCUT2D eigenvalue weighted by Crippen LogP contribution is 2.26. The van der Waals surface area contributed by atoms with E-state index in [0.29, 0.717) is 24.7 Å². The molecule has 0 atom stereocenters. The highest BCUT2D eigenvalue weighted by Gasteiger charge is 2.18. The van der Waals surface area contributed by atoms with Gasteiger partial charge in [-0.15, -0.1) is 0 Å². The maximum absolute atomic E-state index is 12.0. The fourth-order valence-corrected chi connectivity index (χ4v) is 4.24. The monoisotopic (exact) mass is 449 g/mol. The number of rotatable bonds is 8. The minimum absolute atomic E-state index is 0.0142. The number of amides is 1. The summed E-state index contributed by atoms with van der Waals surface area (Å²) in [4.78, 5) is 20.8. The number of hydrogen-bond acceptors (Lipinski definition) is 3. The van der Waals surface area contributed by atoms with Crippen molar-refractivity contribution in [3.05, 3.63) is 65.2 Å². The third-order valence-corrected chi connectivity index (χ3v) is 6.30. The Kier molecular flexibility index (Phi) is 9.16. The zero-order chi connectivity index (χ0) is 23.6. The van der Waals surface area contributed by atoms with Gasteiger partial charge in [-0.2, -0.15) is 0 Å². The van der Waals surface area contributed by atoms with E-state index in [0.717, 1.165) is 18.1 Å². The minimum atomic E-state index is 0.0142. The zero-order valence-electron chi connectivity index (χ0n) is 20.6. The number of carbonyl (C=O) groups excluding carboxylic acids is 1. The number of hydrogen-bond donors (Lipinski definition) is 2. The lowest BCUT2D eigenvalue weighted by molar-refractivity contribution is 0.0827. The van der Waals surface area contributed by atoms with Gasteiger partial charge in [0.05, 0.1) is 6.54 Å². The van der Waals surface area contributed by atoms with Gasteiger partial charge in [-0.05, 0) is 55.2 Å². The second-order valence-electron chi connectivity index (χ2n) is 9.01. The fourth-order valence-electron chi connectivity index (χ4n) is 4.24. The molecule has 33 heavy (non-hydrogen) atoms. The molecule has 0 unspecified atom stereocenters. The van der Waals surface area contributed by atoms with Crippen molar-refractivity contribution in [2.75, 3.05) is 32.6 Å². The van der Waals surface area contributed by atoms with Gasteiger partial charge < -0.3 is 20.4 Å². The standard InChI is InChI=1S/C27H39N5O/c1-5-28-27(29-19-21-11-15-23(16-12-21)26(33)31(2)3)30-20-22-13-17-25(18-14-22)32(4)24-9-7-6-8-10-24/h11-18,24H,5-10,19-20H2,1-4H3,(H2,28,29,30). The van der Waals surface area contributed by atoms with Gasteiger partial charge >= 0.3 is 0 Å². The molecule has 0 spiro atoms. The van der Waals surface area contributed by atoms with Crippen molar-refractivity contribution in [3.8, 4) is 0 Å². The van der Waals surface area contributed by atoms with Gasteiger partial charge in [-0.3, -0.25) is 4.79 Å². The lowest BCUT2D eigenvalue weighted by Gasteiger charge is -2.33. The van der Waals surface area contributed by atoms with Crippen LogP contribution in [-0.4, -0.2) is 50.5 Å². The number of aliphatic imine (C=N–C) groups is 1. The fraction of sp³-hybridized carbons (Fsp3) is 0.481. The average molecular weight is 450 g/mol. The maximum atomic E-state index is 12.0. The van der Waals surface area contributed by atoms with Crippen LogP contribution in [0.1, 0.15) is 60.5 Å². The van der Waals surface area contributed by atoms with Gasteiger partial charge in [0.15, 0.2) is 5.96 Å². The maximum Gasteiger partial charge on any atom is 0.253 e. The van der Waals surface area contributed by atoms with E-state index in [1.807, 2.05) is 24.3 Å². The first-order valence-corrected chi connectivity index (χ1v) is 12.1. The summed E-state index contributed by atoms with van der Waals surface area (Å²) in [5, 5.41) is 6.70. The van der Waals surface area contributed by atoms with E-state index in [9.17, 15) is 4.79 Å². The number of nitrogens with one attached hydrogen (secondary N) is 2. The van der Waals surface area contributed by atoms with E-state index in [4.69, 9.17) is 4.99 Å². The molecule has 0 heterocycles. The molecular weight excluding hydrogens is 410 g/mol. The normalized spacial score (nSPS) is 14.6. The van der Waals surface area contributed by atoms with E-state index >= 15 is 0 Å². The van der Waals surface area contributed by atoms with Crippen LogP contribution in [-0.2, 0) is 13.1 Å². The topological polar surface area (TPSA) is 60.0 Å². The lowest BCUT2D eigenvalue weighted by Crippen LogP contribution is -2.36. The summed E-state index contributed by atoms with van der Waals surface area (Å²) in [6.45, 7) is 4.13. The molecule has 1 fully saturated rings. The van der Waals surface area contributed by atoms with Crippen LogP contribution in [0.3, 0.4) is 0 Å². The van der Waals surface area contributed by atoms with Crippen molar-refractivity contribution in [1.82, 2.24) is 15.5 Å². The second kappa shape index (κ2) is 12.3. The molecule has 178 valence electrons. The molecule has 0 bridgehead atoms. The molecule has 3 rings (SSSR count). The van der Waals surface area contributed by atoms with Crippen LogP contribution in [0.15, 0.2) is 53.5 Å². The lowest BCUT2D eigenvalue weighted by atomic mass is 9.94. The van der Waals surface area contributed by atoms with Crippen molar-refractivity contribution >= 4 is 17.6 Å². The van der Waals surface area contributed by atoms with Gasteiger partial charge in [-0.25, -0.2) is 4.99 Å². The first-order chi connectivity index (χ1) is 16.0. The molecule has 6 nitrogen and oxygen atoms in total. The first kappa shape index (κ1) is 24.6.